The summed E-state index contributed by atoms with van der Waals surface area (Å²) in [5, 5.41) is 7.23. The molecule has 0 spiro atoms. The van der Waals surface area contributed by atoms with Crippen molar-refractivity contribution in [2.75, 3.05) is 20.1 Å². The molecule has 1 atom stereocenters. The average molecular weight is 229 g/mol. The van der Waals surface area contributed by atoms with E-state index in [1.165, 1.54) is 5.56 Å². The lowest BCUT2D eigenvalue weighted by Gasteiger charge is -2.13. The normalized spacial score (nSPS) is 19.1. The van der Waals surface area contributed by atoms with Crippen LogP contribution in [0.15, 0.2) is 24.4 Å². The lowest BCUT2D eigenvalue weighted by molar-refractivity contribution is 0.0954. The van der Waals surface area contributed by atoms with E-state index < -0.39 is 0 Å². The minimum Gasteiger partial charge on any atom is -0.361 e. The summed E-state index contributed by atoms with van der Waals surface area (Å²) in [4.78, 5) is 15.2. The maximum Gasteiger partial charge on any atom is 0.251 e. The Morgan fingerprint density at radius 3 is 3.18 bits per heavy atom. The molecule has 0 saturated heterocycles. The summed E-state index contributed by atoms with van der Waals surface area (Å²) in [5.41, 5.74) is 3.04. The van der Waals surface area contributed by atoms with Crippen LogP contribution in [0.4, 0.5) is 0 Å². The molecule has 0 radical (unpaired) electrons. The Kier molecular flexibility index (Phi) is 2.37. The van der Waals surface area contributed by atoms with Crippen LogP contribution in [0.5, 0.6) is 0 Å². The molecule has 3 N–H and O–H groups in total. The first-order valence-corrected chi connectivity index (χ1v) is 5.84. The zero-order valence-electron chi connectivity index (χ0n) is 9.71. The number of aromatic nitrogens is 1. The highest BCUT2D eigenvalue weighted by Crippen LogP contribution is 2.30. The predicted molar refractivity (Wildman–Crippen MR) is 67.3 cm³/mol. The predicted octanol–water partition coefficient (Wildman–Crippen LogP) is 1.21. The number of likely N-dealkylation sites (N-methyl/N-ethyl adjacent to an activating group) is 1. The Hall–Kier alpha value is -1.81. The second-order valence-corrected chi connectivity index (χ2v) is 4.44. The van der Waals surface area contributed by atoms with E-state index in [-0.39, 0.29) is 5.91 Å². The number of hydrogen-bond donors (Lipinski definition) is 3. The van der Waals surface area contributed by atoms with E-state index in [9.17, 15) is 4.79 Å². The molecule has 2 heterocycles. The van der Waals surface area contributed by atoms with E-state index in [0.717, 1.165) is 23.0 Å². The van der Waals surface area contributed by atoms with E-state index in [2.05, 4.69) is 15.6 Å². The fraction of sp³-hybridized carbons (Fsp3) is 0.308. The van der Waals surface area contributed by atoms with Crippen LogP contribution < -0.4 is 10.6 Å². The van der Waals surface area contributed by atoms with Crippen LogP contribution in [-0.4, -0.2) is 31.0 Å². The first-order valence-electron chi connectivity index (χ1n) is 5.84. The zero-order chi connectivity index (χ0) is 11.8. The summed E-state index contributed by atoms with van der Waals surface area (Å²) in [6, 6.07) is 5.81. The lowest BCUT2D eigenvalue weighted by Crippen LogP contribution is -2.30. The van der Waals surface area contributed by atoms with Gasteiger partial charge in [-0.2, -0.15) is 0 Å². The van der Waals surface area contributed by atoms with Gasteiger partial charge in [-0.1, -0.05) is 6.07 Å². The van der Waals surface area contributed by atoms with Crippen LogP contribution in [0.1, 0.15) is 21.8 Å². The Morgan fingerprint density at radius 2 is 2.35 bits per heavy atom. The summed E-state index contributed by atoms with van der Waals surface area (Å²) in [7, 11) is 1.93. The van der Waals surface area contributed by atoms with Gasteiger partial charge in [0.25, 0.3) is 5.91 Å². The van der Waals surface area contributed by atoms with Gasteiger partial charge in [0.05, 0.1) is 0 Å². The molecule has 4 nitrogen and oxygen atoms in total. The molecular formula is C13H15N3O. The van der Waals surface area contributed by atoms with Crippen LogP contribution in [-0.2, 0) is 0 Å². The van der Waals surface area contributed by atoms with Crippen molar-refractivity contribution < 1.29 is 4.79 Å². The van der Waals surface area contributed by atoms with Crippen molar-refractivity contribution in [3.05, 3.63) is 35.5 Å². The van der Waals surface area contributed by atoms with Crippen molar-refractivity contribution in [2.45, 2.75) is 5.92 Å². The van der Waals surface area contributed by atoms with E-state index in [0.29, 0.717) is 12.5 Å². The van der Waals surface area contributed by atoms with Gasteiger partial charge in [0.15, 0.2) is 0 Å². The lowest BCUT2D eigenvalue weighted by atomic mass is 9.97. The third-order valence-corrected chi connectivity index (χ3v) is 3.38. The van der Waals surface area contributed by atoms with Crippen LogP contribution >= 0.6 is 0 Å². The molecule has 1 amide bonds. The molecule has 1 aromatic heterocycles. The summed E-state index contributed by atoms with van der Waals surface area (Å²) in [5.74, 6) is 0.344. The molecule has 1 aliphatic rings. The topological polar surface area (TPSA) is 56.9 Å². The van der Waals surface area contributed by atoms with Gasteiger partial charge in [-0.15, -0.1) is 0 Å². The molecule has 88 valence electrons. The van der Waals surface area contributed by atoms with Crippen LogP contribution in [0.25, 0.3) is 10.9 Å². The van der Waals surface area contributed by atoms with E-state index >= 15 is 0 Å². The average Bonchev–Trinajstić information content (AvgIpc) is 2.72. The number of H-pyrrole nitrogens is 1. The molecule has 0 aliphatic carbocycles. The third kappa shape index (κ3) is 1.52. The number of aromatic amines is 1. The number of benzene rings is 1. The van der Waals surface area contributed by atoms with Crippen molar-refractivity contribution in [3.63, 3.8) is 0 Å². The fourth-order valence-corrected chi connectivity index (χ4v) is 2.57. The monoisotopic (exact) mass is 229 g/mol. The maximum atomic E-state index is 12.0. The summed E-state index contributed by atoms with van der Waals surface area (Å²) in [6.07, 6.45) is 2.02. The van der Waals surface area contributed by atoms with E-state index in [1.54, 1.807) is 0 Å². The summed E-state index contributed by atoms with van der Waals surface area (Å²) in [6.45, 7) is 1.54. The zero-order valence-corrected chi connectivity index (χ0v) is 9.71. The smallest absolute Gasteiger partial charge is 0.251 e. The Balaban J connectivity index is 2.24. The molecule has 2 aromatic rings. The van der Waals surface area contributed by atoms with Gasteiger partial charge in [-0.25, -0.2) is 0 Å². The highest BCUT2D eigenvalue weighted by Gasteiger charge is 2.24. The van der Waals surface area contributed by atoms with Crippen molar-refractivity contribution >= 4 is 16.8 Å². The van der Waals surface area contributed by atoms with E-state index in [1.807, 2.05) is 31.4 Å². The number of nitrogens with one attached hydrogen (secondary N) is 3. The summed E-state index contributed by atoms with van der Waals surface area (Å²) < 4.78 is 0. The Labute approximate surface area is 99.4 Å². The van der Waals surface area contributed by atoms with Crippen molar-refractivity contribution in [2.24, 2.45) is 0 Å². The molecule has 4 heteroatoms. The summed E-state index contributed by atoms with van der Waals surface area (Å²) >= 11 is 0. The Morgan fingerprint density at radius 1 is 1.47 bits per heavy atom. The van der Waals surface area contributed by atoms with Gasteiger partial charge in [-0.3, -0.25) is 4.79 Å². The second kappa shape index (κ2) is 3.89. The number of rotatable bonds is 2. The first kappa shape index (κ1) is 10.4. The van der Waals surface area contributed by atoms with Gasteiger partial charge in [0.2, 0.25) is 0 Å². The molecule has 1 aromatic carbocycles. The highest BCUT2D eigenvalue weighted by atomic mass is 16.1. The van der Waals surface area contributed by atoms with Gasteiger partial charge in [-0.05, 0) is 24.7 Å². The van der Waals surface area contributed by atoms with Gasteiger partial charge in [0, 0.05) is 41.7 Å². The molecule has 3 rings (SSSR count). The maximum absolute atomic E-state index is 12.0. The van der Waals surface area contributed by atoms with Crippen molar-refractivity contribution in [1.82, 2.24) is 15.6 Å². The first-order chi connectivity index (χ1) is 8.31. The molecule has 17 heavy (non-hydrogen) atoms. The fourth-order valence-electron chi connectivity index (χ4n) is 2.57. The molecule has 0 bridgehead atoms. The van der Waals surface area contributed by atoms with Gasteiger partial charge >= 0.3 is 0 Å². The minimum atomic E-state index is 0.0232. The Bertz CT molecular complexity index is 573. The van der Waals surface area contributed by atoms with Gasteiger partial charge < -0.3 is 15.6 Å². The van der Waals surface area contributed by atoms with Crippen LogP contribution in [0.3, 0.4) is 0 Å². The van der Waals surface area contributed by atoms with Crippen molar-refractivity contribution in [1.29, 1.82) is 0 Å². The second-order valence-electron chi connectivity index (χ2n) is 4.44. The number of amides is 1. The molecule has 0 saturated carbocycles. The number of hydrogen-bond acceptors (Lipinski definition) is 2. The van der Waals surface area contributed by atoms with Gasteiger partial charge in [0.1, 0.15) is 0 Å². The quantitative estimate of drug-likeness (QED) is 0.725. The minimum absolute atomic E-state index is 0.0232. The highest BCUT2D eigenvalue weighted by molar-refractivity contribution is 6.08. The van der Waals surface area contributed by atoms with Crippen LogP contribution in [0, 0.1) is 0 Å². The number of carbonyl (C=O) groups excluding carboxylic acids is 1. The molecule has 1 aliphatic heterocycles. The van der Waals surface area contributed by atoms with Crippen LogP contribution in [0.2, 0.25) is 0 Å². The molecule has 0 unspecified atom stereocenters. The van der Waals surface area contributed by atoms with Crippen molar-refractivity contribution in [3.8, 4) is 0 Å². The molecule has 0 fully saturated rings. The molecular weight excluding hydrogens is 214 g/mol. The standard InChI is InChI=1S/C13H15N3O/c1-14-5-8-6-16-13(17)9-3-2-4-11-12(9)10(8)7-15-11/h2-4,7-8,14-15H,5-6H2,1H3,(H,16,17)/t8-/m1/s1. The third-order valence-electron chi connectivity index (χ3n) is 3.38. The number of carbonyl (C=O) groups is 1. The largest absolute Gasteiger partial charge is 0.361 e. The van der Waals surface area contributed by atoms with E-state index in [4.69, 9.17) is 0 Å². The SMILES string of the molecule is CNC[C@@H]1CNC(=O)c2cccc3[nH]cc1c23.